The first kappa shape index (κ1) is 25.3. The molecule has 0 spiro atoms. The van der Waals surface area contributed by atoms with Crippen LogP contribution in [0.4, 0.5) is 0 Å². The van der Waals surface area contributed by atoms with Crippen LogP contribution >= 0.6 is 0 Å². The molecule has 9 atom stereocenters. The van der Waals surface area contributed by atoms with E-state index in [4.69, 9.17) is 4.74 Å². The van der Waals surface area contributed by atoms with Crippen molar-refractivity contribution in [2.45, 2.75) is 124 Å². The first-order valence-electron chi connectivity index (χ1n) is 14.1. The Morgan fingerprint density at radius 1 is 1.06 bits per heavy atom. The van der Waals surface area contributed by atoms with Gasteiger partial charge in [0.25, 0.3) is 0 Å². The van der Waals surface area contributed by atoms with Gasteiger partial charge in [-0.1, -0.05) is 65.5 Å². The predicted octanol–water partition coefficient (Wildman–Crippen LogP) is 7.32. The Kier molecular flexibility index (Phi) is 7.40. The molecule has 0 heterocycles. The van der Waals surface area contributed by atoms with Crippen molar-refractivity contribution in [2.24, 2.45) is 46.3 Å². The SMILES string of the molecule is CC(C)CCC[C@@H](C)[C@H]1CC[C@H]2[C@@H]3CC=C4C[C@@H](OC(=O)C(C)O)CC[C@]4(C)[C@H]3CC[C@]12C. The second kappa shape index (κ2) is 9.67. The van der Waals surface area contributed by atoms with Gasteiger partial charge in [0.1, 0.15) is 12.2 Å². The number of aliphatic hydroxyl groups is 1. The Hall–Kier alpha value is -0.830. The highest BCUT2D eigenvalue weighted by Gasteiger charge is 2.59. The molecule has 4 aliphatic carbocycles. The Morgan fingerprint density at radius 2 is 1.82 bits per heavy atom. The van der Waals surface area contributed by atoms with Crippen LogP contribution in [0, 0.1) is 46.3 Å². The Balaban J connectivity index is 1.45. The molecule has 4 rings (SSSR count). The molecule has 0 bridgehead atoms. The number of carbonyl (C=O) groups is 1. The summed E-state index contributed by atoms with van der Waals surface area (Å²) in [6.07, 6.45) is 15.5. The van der Waals surface area contributed by atoms with Crippen molar-refractivity contribution in [3.8, 4) is 0 Å². The lowest BCUT2D eigenvalue weighted by molar-refractivity contribution is -0.160. The summed E-state index contributed by atoms with van der Waals surface area (Å²) in [7, 11) is 0. The molecule has 0 radical (unpaired) electrons. The Morgan fingerprint density at radius 3 is 2.52 bits per heavy atom. The van der Waals surface area contributed by atoms with E-state index in [-0.39, 0.29) is 11.5 Å². The van der Waals surface area contributed by atoms with Crippen LogP contribution in [0.3, 0.4) is 0 Å². The average Bonchev–Trinajstić information content (AvgIpc) is 3.11. The molecule has 0 amide bonds. The summed E-state index contributed by atoms with van der Waals surface area (Å²) in [5, 5.41) is 9.54. The second-order valence-corrected chi connectivity index (χ2v) is 13.3. The van der Waals surface area contributed by atoms with Crippen LogP contribution in [0.5, 0.6) is 0 Å². The van der Waals surface area contributed by atoms with Crippen molar-refractivity contribution in [1.29, 1.82) is 0 Å². The third-order valence-electron chi connectivity index (χ3n) is 10.9. The van der Waals surface area contributed by atoms with Gasteiger partial charge in [-0.05, 0) is 98.2 Å². The van der Waals surface area contributed by atoms with Gasteiger partial charge in [-0.25, -0.2) is 4.79 Å². The molecule has 0 aromatic heterocycles. The minimum Gasteiger partial charge on any atom is -0.460 e. The third kappa shape index (κ3) is 4.69. The molecular formula is C30H50O3. The van der Waals surface area contributed by atoms with Crippen LogP contribution in [0.15, 0.2) is 11.6 Å². The van der Waals surface area contributed by atoms with E-state index in [0.29, 0.717) is 5.41 Å². The van der Waals surface area contributed by atoms with Gasteiger partial charge in [0.2, 0.25) is 0 Å². The van der Waals surface area contributed by atoms with Gasteiger partial charge >= 0.3 is 5.97 Å². The standard InChI is InChI=1S/C30H50O3/c1-19(2)8-7-9-20(3)25-12-13-26-24-11-10-22-18-23(33-28(32)21(4)31)14-16-29(22,5)27(24)15-17-30(25,26)6/h10,19-21,23-27,31H,7-9,11-18H2,1-6H3/t20-,21?,23+,24+,25-,26+,27+,29+,30-/m1/s1. The summed E-state index contributed by atoms with van der Waals surface area (Å²) in [5.41, 5.74) is 2.35. The molecule has 0 saturated heterocycles. The minimum atomic E-state index is -1.03. The number of ether oxygens (including phenoxy) is 1. The van der Waals surface area contributed by atoms with E-state index in [0.717, 1.165) is 54.8 Å². The van der Waals surface area contributed by atoms with Crippen LogP contribution in [0.2, 0.25) is 0 Å². The molecule has 3 nitrogen and oxygen atoms in total. The van der Waals surface area contributed by atoms with Crippen molar-refractivity contribution in [2.75, 3.05) is 0 Å². The number of carbonyl (C=O) groups excluding carboxylic acids is 1. The topological polar surface area (TPSA) is 46.5 Å². The number of allylic oxidation sites excluding steroid dienone is 1. The number of hydrogen-bond donors (Lipinski definition) is 1. The fourth-order valence-corrected chi connectivity index (χ4v) is 9.02. The number of esters is 1. The maximum atomic E-state index is 11.9. The number of fused-ring (bicyclic) bond motifs is 5. The van der Waals surface area contributed by atoms with Crippen molar-refractivity contribution >= 4 is 5.97 Å². The van der Waals surface area contributed by atoms with Crippen LogP contribution in [-0.4, -0.2) is 23.3 Å². The molecule has 0 aliphatic heterocycles. The third-order valence-corrected chi connectivity index (χ3v) is 10.9. The maximum absolute atomic E-state index is 11.9. The molecule has 1 unspecified atom stereocenters. The summed E-state index contributed by atoms with van der Waals surface area (Å²) in [6.45, 7) is 14.0. The first-order valence-corrected chi connectivity index (χ1v) is 14.1. The fraction of sp³-hybridized carbons (Fsp3) is 0.900. The van der Waals surface area contributed by atoms with E-state index < -0.39 is 12.1 Å². The van der Waals surface area contributed by atoms with Crippen molar-refractivity contribution in [3.05, 3.63) is 11.6 Å². The molecule has 3 fully saturated rings. The van der Waals surface area contributed by atoms with E-state index in [1.165, 1.54) is 58.3 Å². The smallest absolute Gasteiger partial charge is 0.334 e. The van der Waals surface area contributed by atoms with Crippen LogP contribution < -0.4 is 0 Å². The lowest BCUT2D eigenvalue weighted by Gasteiger charge is -2.58. The highest BCUT2D eigenvalue weighted by molar-refractivity contribution is 5.74. The molecule has 33 heavy (non-hydrogen) atoms. The van der Waals surface area contributed by atoms with Crippen molar-refractivity contribution < 1.29 is 14.6 Å². The zero-order valence-corrected chi connectivity index (χ0v) is 22.2. The molecule has 0 aromatic rings. The van der Waals surface area contributed by atoms with Gasteiger partial charge in [-0.2, -0.15) is 0 Å². The van der Waals surface area contributed by atoms with Gasteiger partial charge in [-0.15, -0.1) is 0 Å². The van der Waals surface area contributed by atoms with E-state index >= 15 is 0 Å². The van der Waals surface area contributed by atoms with Crippen molar-refractivity contribution in [3.63, 3.8) is 0 Å². The summed E-state index contributed by atoms with van der Waals surface area (Å²) in [4.78, 5) is 11.9. The first-order chi connectivity index (χ1) is 15.6. The van der Waals surface area contributed by atoms with E-state index in [1.807, 2.05) is 0 Å². The number of aliphatic hydroxyl groups excluding tert-OH is 1. The van der Waals surface area contributed by atoms with Crippen LogP contribution in [0.1, 0.15) is 112 Å². The Bertz CT molecular complexity index is 739. The fourth-order valence-electron chi connectivity index (χ4n) is 9.02. The lowest BCUT2D eigenvalue weighted by Crippen LogP contribution is -2.51. The lowest BCUT2D eigenvalue weighted by atomic mass is 9.47. The zero-order chi connectivity index (χ0) is 24.0. The molecule has 1 N–H and O–H groups in total. The van der Waals surface area contributed by atoms with Gasteiger partial charge in [0.05, 0.1) is 0 Å². The van der Waals surface area contributed by atoms with Crippen LogP contribution in [-0.2, 0) is 9.53 Å². The molecule has 3 saturated carbocycles. The molecule has 3 heteroatoms. The monoisotopic (exact) mass is 458 g/mol. The minimum absolute atomic E-state index is 0.0561. The largest absolute Gasteiger partial charge is 0.460 e. The normalized spacial score (nSPS) is 42.1. The quantitative estimate of drug-likeness (QED) is 0.321. The maximum Gasteiger partial charge on any atom is 0.334 e. The summed E-state index contributed by atoms with van der Waals surface area (Å²) < 4.78 is 5.63. The van der Waals surface area contributed by atoms with Gasteiger partial charge < -0.3 is 9.84 Å². The summed E-state index contributed by atoms with van der Waals surface area (Å²) in [6, 6.07) is 0. The highest BCUT2D eigenvalue weighted by Crippen LogP contribution is 2.67. The summed E-state index contributed by atoms with van der Waals surface area (Å²) in [5.74, 6) is 4.64. The highest BCUT2D eigenvalue weighted by atomic mass is 16.6. The molecule has 188 valence electrons. The number of hydrogen-bond acceptors (Lipinski definition) is 3. The molecule has 4 aliphatic rings. The van der Waals surface area contributed by atoms with Gasteiger partial charge in [0, 0.05) is 6.42 Å². The van der Waals surface area contributed by atoms with E-state index in [9.17, 15) is 9.90 Å². The molecule has 0 aromatic carbocycles. The molecular weight excluding hydrogens is 408 g/mol. The van der Waals surface area contributed by atoms with E-state index in [1.54, 1.807) is 5.57 Å². The van der Waals surface area contributed by atoms with Crippen molar-refractivity contribution in [1.82, 2.24) is 0 Å². The van der Waals surface area contributed by atoms with Gasteiger partial charge in [-0.3, -0.25) is 0 Å². The average molecular weight is 459 g/mol. The Labute approximate surface area is 203 Å². The predicted molar refractivity (Wildman–Crippen MR) is 135 cm³/mol. The van der Waals surface area contributed by atoms with Crippen LogP contribution in [0.25, 0.3) is 0 Å². The number of rotatable bonds is 7. The summed E-state index contributed by atoms with van der Waals surface area (Å²) >= 11 is 0. The van der Waals surface area contributed by atoms with E-state index in [2.05, 4.69) is 40.7 Å². The zero-order valence-electron chi connectivity index (χ0n) is 22.2. The second-order valence-electron chi connectivity index (χ2n) is 13.3. The van der Waals surface area contributed by atoms with Gasteiger partial charge in [0.15, 0.2) is 0 Å².